The van der Waals surface area contributed by atoms with E-state index in [1.165, 1.54) is 23.5 Å². The van der Waals surface area contributed by atoms with Crippen molar-refractivity contribution in [1.29, 1.82) is 0 Å². The predicted molar refractivity (Wildman–Crippen MR) is 101 cm³/mol. The molecule has 1 amide bonds. The van der Waals surface area contributed by atoms with E-state index >= 15 is 0 Å². The zero-order chi connectivity index (χ0) is 19.6. The third kappa shape index (κ3) is 4.47. The fourth-order valence-electron chi connectivity index (χ4n) is 3.04. The topological polar surface area (TPSA) is 66.5 Å². The predicted octanol–water partition coefficient (Wildman–Crippen LogP) is 3.45. The van der Waals surface area contributed by atoms with E-state index in [9.17, 15) is 22.0 Å². The van der Waals surface area contributed by atoms with Crippen LogP contribution in [-0.2, 0) is 9.84 Å². The molecule has 1 fully saturated rings. The van der Waals surface area contributed by atoms with Crippen molar-refractivity contribution in [3.63, 3.8) is 0 Å². The van der Waals surface area contributed by atoms with E-state index in [0.29, 0.717) is 18.0 Å². The van der Waals surface area contributed by atoms with Crippen molar-refractivity contribution in [2.45, 2.75) is 36.5 Å². The highest BCUT2D eigenvalue weighted by Crippen LogP contribution is 2.25. The Morgan fingerprint density at radius 2 is 1.78 bits per heavy atom. The number of carbonyl (C=O) groups is 1. The number of carbonyl (C=O) groups excluding carboxylic acids is 1. The molecule has 2 heterocycles. The van der Waals surface area contributed by atoms with E-state index in [0.717, 1.165) is 23.4 Å². The van der Waals surface area contributed by atoms with Gasteiger partial charge in [0.1, 0.15) is 0 Å². The standard InChI is InChI=1S/C18H20F2N2O3S2/c1-12-2-7-16(26-12)17(23)21-13-8-10-22(11-9-13)14-3-5-15(6-4-14)27(24,25)18(19)20/h2-7,13,18H,8-11H2,1H3,(H,21,23). The molecule has 0 bridgehead atoms. The van der Waals surface area contributed by atoms with Crippen molar-refractivity contribution in [2.24, 2.45) is 0 Å². The number of halogens is 2. The lowest BCUT2D eigenvalue weighted by molar-refractivity contribution is 0.0935. The van der Waals surface area contributed by atoms with Gasteiger partial charge in [-0.25, -0.2) is 8.42 Å². The first-order chi connectivity index (χ1) is 12.8. The molecule has 0 atom stereocenters. The van der Waals surface area contributed by atoms with Crippen LogP contribution < -0.4 is 10.2 Å². The second-order valence-electron chi connectivity index (χ2n) is 6.44. The summed E-state index contributed by atoms with van der Waals surface area (Å²) in [5.41, 5.74) is 0.780. The highest BCUT2D eigenvalue weighted by molar-refractivity contribution is 7.91. The summed E-state index contributed by atoms with van der Waals surface area (Å²) in [5.74, 6) is -3.48. The van der Waals surface area contributed by atoms with Gasteiger partial charge in [-0.15, -0.1) is 11.3 Å². The van der Waals surface area contributed by atoms with Gasteiger partial charge in [-0.1, -0.05) is 0 Å². The first-order valence-electron chi connectivity index (χ1n) is 8.52. The average molecular weight is 414 g/mol. The zero-order valence-corrected chi connectivity index (χ0v) is 16.3. The molecular weight excluding hydrogens is 394 g/mol. The van der Waals surface area contributed by atoms with Crippen molar-refractivity contribution in [1.82, 2.24) is 5.32 Å². The molecule has 9 heteroatoms. The minimum atomic E-state index is -4.57. The van der Waals surface area contributed by atoms with E-state index in [2.05, 4.69) is 10.2 Å². The van der Waals surface area contributed by atoms with Crippen LogP contribution in [0.5, 0.6) is 0 Å². The largest absolute Gasteiger partial charge is 0.371 e. The Kier molecular flexibility index (Phi) is 5.81. The molecule has 0 saturated carbocycles. The van der Waals surface area contributed by atoms with Gasteiger partial charge in [-0.2, -0.15) is 8.78 Å². The Bertz CT molecular complexity index is 903. The number of hydrogen-bond donors (Lipinski definition) is 1. The molecule has 5 nitrogen and oxygen atoms in total. The number of sulfone groups is 1. The SMILES string of the molecule is Cc1ccc(C(=O)NC2CCN(c3ccc(S(=O)(=O)C(F)F)cc3)CC2)s1. The van der Waals surface area contributed by atoms with E-state index < -0.39 is 15.6 Å². The number of piperidine rings is 1. The van der Waals surface area contributed by atoms with E-state index in [1.807, 2.05) is 19.1 Å². The average Bonchev–Trinajstić information content (AvgIpc) is 3.09. The fourth-order valence-corrected chi connectivity index (χ4v) is 4.54. The quantitative estimate of drug-likeness (QED) is 0.814. The van der Waals surface area contributed by atoms with Gasteiger partial charge in [0.2, 0.25) is 9.84 Å². The summed E-state index contributed by atoms with van der Waals surface area (Å²) in [7, 11) is -4.57. The summed E-state index contributed by atoms with van der Waals surface area (Å²) < 4.78 is 48.1. The Morgan fingerprint density at radius 1 is 1.15 bits per heavy atom. The Morgan fingerprint density at radius 3 is 2.30 bits per heavy atom. The lowest BCUT2D eigenvalue weighted by Crippen LogP contribution is -2.44. The molecule has 0 spiro atoms. The number of amides is 1. The summed E-state index contributed by atoms with van der Waals surface area (Å²) in [4.78, 5) is 15.7. The lowest BCUT2D eigenvalue weighted by Gasteiger charge is -2.34. The Hall–Kier alpha value is -2.00. The van der Waals surface area contributed by atoms with Crippen LogP contribution in [0, 0.1) is 6.92 Å². The number of anilines is 1. The lowest BCUT2D eigenvalue weighted by atomic mass is 10.0. The van der Waals surface area contributed by atoms with Crippen LogP contribution >= 0.6 is 11.3 Å². The van der Waals surface area contributed by atoms with Gasteiger partial charge in [-0.3, -0.25) is 4.79 Å². The third-order valence-corrected chi connectivity index (χ3v) is 6.96. The van der Waals surface area contributed by atoms with Gasteiger partial charge in [-0.05, 0) is 56.2 Å². The minimum Gasteiger partial charge on any atom is -0.371 e. The van der Waals surface area contributed by atoms with E-state index in [4.69, 9.17) is 0 Å². The summed E-state index contributed by atoms with van der Waals surface area (Å²) >= 11 is 1.46. The number of hydrogen-bond acceptors (Lipinski definition) is 5. The smallest absolute Gasteiger partial charge is 0.341 e. The molecule has 27 heavy (non-hydrogen) atoms. The first-order valence-corrected chi connectivity index (χ1v) is 10.9. The normalized spacial score (nSPS) is 15.9. The van der Waals surface area contributed by atoms with E-state index in [-0.39, 0.29) is 16.8 Å². The summed E-state index contributed by atoms with van der Waals surface area (Å²) in [6, 6.07) is 9.33. The first kappa shape index (κ1) is 19.8. The third-order valence-electron chi connectivity index (χ3n) is 4.56. The Balaban J connectivity index is 1.57. The Labute approximate surface area is 160 Å². The fraction of sp³-hybridized carbons (Fsp3) is 0.389. The minimum absolute atomic E-state index is 0.0619. The van der Waals surface area contributed by atoms with Crippen LogP contribution in [0.1, 0.15) is 27.4 Å². The molecular formula is C18H20F2N2O3S2. The number of rotatable bonds is 5. The molecule has 146 valence electrons. The van der Waals surface area contributed by atoms with Crippen LogP contribution in [-0.4, -0.2) is 39.2 Å². The molecule has 1 saturated heterocycles. The van der Waals surface area contributed by atoms with Gasteiger partial charge >= 0.3 is 5.76 Å². The van der Waals surface area contributed by atoms with E-state index in [1.54, 1.807) is 12.1 Å². The molecule has 0 aliphatic carbocycles. The molecule has 1 aromatic heterocycles. The molecule has 0 radical (unpaired) electrons. The van der Waals surface area contributed by atoms with Gasteiger partial charge in [0.25, 0.3) is 5.91 Å². The van der Waals surface area contributed by atoms with Crippen LogP contribution in [0.2, 0.25) is 0 Å². The zero-order valence-electron chi connectivity index (χ0n) is 14.7. The number of aryl methyl sites for hydroxylation is 1. The van der Waals surface area contributed by atoms with Crippen LogP contribution in [0.15, 0.2) is 41.3 Å². The van der Waals surface area contributed by atoms with Crippen molar-refractivity contribution in [3.05, 3.63) is 46.2 Å². The molecule has 1 aliphatic rings. The molecule has 0 unspecified atom stereocenters. The van der Waals surface area contributed by atoms with Gasteiger partial charge in [0, 0.05) is 29.7 Å². The van der Waals surface area contributed by atoms with Gasteiger partial charge in [0.15, 0.2) is 0 Å². The molecule has 2 aromatic rings. The summed E-state index contributed by atoms with van der Waals surface area (Å²) in [6.45, 7) is 3.34. The molecule has 1 N–H and O–H groups in total. The number of thiophene rings is 1. The second kappa shape index (κ2) is 7.93. The highest BCUT2D eigenvalue weighted by Gasteiger charge is 2.27. The number of benzene rings is 1. The van der Waals surface area contributed by atoms with Crippen molar-refractivity contribution >= 4 is 32.8 Å². The van der Waals surface area contributed by atoms with Gasteiger partial charge < -0.3 is 10.2 Å². The van der Waals surface area contributed by atoms with Crippen molar-refractivity contribution < 1.29 is 22.0 Å². The summed E-state index contributed by atoms with van der Waals surface area (Å²) in [6.07, 6.45) is 1.51. The maximum Gasteiger partial charge on any atom is 0.341 e. The van der Waals surface area contributed by atoms with Gasteiger partial charge in [0.05, 0.1) is 9.77 Å². The van der Waals surface area contributed by atoms with Crippen molar-refractivity contribution in [3.8, 4) is 0 Å². The monoisotopic (exact) mass is 414 g/mol. The highest BCUT2D eigenvalue weighted by atomic mass is 32.2. The van der Waals surface area contributed by atoms with Crippen molar-refractivity contribution in [2.75, 3.05) is 18.0 Å². The molecule has 1 aliphatic heterocycles. The number of nitrogens with zero attached hydrogens (tertiary/aromatic N) is 1. The van der Waals surface area contributed by atoms with Crippen LogP contribution in [0.4, 0.5) is 14.5 Å². The molecule has 3 rings (SSSR count). The number of nitrogens with one attached hydrogen (secondary N) is 1. The molecule has 1 aromatic carbocycles. The summed E-state index contributed by atoms with van der Waals surface area (Å²) in [5, 5.41) is 3.04. The number of alkyl halides is 2. The maximum atomic E-state index is 12.6. The maximum absolute atomic E-state index is 12.6. The second-order valence-corrected chi connectivity index (χ2v) is 9.65. The van der Waals surface area contributed by atoms with Crippen LogP contribution in [0.3, 0.4) is 0 Å². The van der Waals surface area contributed by atoms with Crippen LogP contribution in [0.25, 0.3) is 0 Å².